The third-order valence-electron chi connectivity index (χ3n) is 4.32. The molecule has 0 N–H and O–H groups in total. The van der Waals surface area contributed by atoms with E-state index < -0.39 is 23.7 Å². The van der Waals surface area contributed by atoms with Gasteiger partial charge in [0.15, 0.2) is 0 Å². The average Bonchev–Trinajstić information content (AvgIpc) is 2.63. The Kier molecular flexibility index (Phi) is 5.30. The van der Waals surface area contributed by atoms with Crippen LogP contribution in [0, 0.1) is 18.6 Å². The third kappa shape index (κ3) is 4.02. The van der Waals surface area contributed by atoms with E-state index in [1.165, 1.54) is 17.8 Å². The van der Waals surface area contributed by atoms with Gasteiger partial charge in [-0.15, -0.1) is 0 Å². The molecule has 140 valence electrons. The van der Waals surface area contributed by atoms with Crippen molar-refractivity contribution >= 4 is 16.9 Å². The van der Waals surface area contributed by atoms with Crippen LogP contribution >= 0.6 is 0 Å². The van der Waals surface area contributed by atoms with Crippen molar-refractivity contribution in [2.24, 2.45) is 0 Å². The Bertz CT molecular complexity index is 1060. The lowest BCUT2D eigenvalue weighted by atomic mass is 10.1. The molecule has 3 aromatic rings. The van der Waals surface area contributed by atoms with Crippen LogP contribution in [0.5, 0.6) is 0 Å². The number of halogens is 2. The van der Waals surface area contributed by atoms with Crippen molar-refractivity contribution in [2.45, 2.75) is 32.9 Å². The predicted octanol–water partition coefficient (Wildman–Crippen LogP) is 3.68. The van der Waals surface area contributed by atoms with Gasteiger partial charge in [0, 0.05) is 12.1 Å². The Morgan fingerprint density at radius 3 is 2.81 bits per heavy atom. The fourth-order valence-electron chi connectivity index (χ4n) is 2.85. The van der Waals surface area contributed by atoms with Crippen molar-refractivity contribution in [3.63, 3.8) is 0 Å². The summed E-state index contributed by atoms with van der Waals surface area (Å²) in [6, 6.07) is 8.29. The number of para-hydroxylation sites is 1. The van der Waals surface area contributed by atoms with Gasteiger partial charge in [0.05, 0.1) is 23.7 Å². The van der Waals surface area contributed by atoms with Crippen LogP contribution in [0.2, 0.25) is 0 Å². The molecule has 0 saturated heterocycles. The van der Waals surface area contributed by atoms with Gasteiger partial charge in [0.2, 0.25) is 0 Å². The second-order valence-electron chi connectivity index (χ2n) is 6.26. The van der Waals surface area contributed by atoms with E-state index in [9.17, 15) is 18.4 Å². The lowest BCUT2D eigenvalue weighted by Gasteiger charge is -2.15. The first-order valence-electron chi connectivity index (χ1n) is 8.46. The summed E-state index contributed by atoms with van der Waals surface area (Å²) in [5.74, 6) is -1.89. The van der Waals surface area contributed by atoms with Gasteiger partial charge >= 0.3 is 5.97 Å². The molecule has 27 heavy (non-hydrogen) atoms. The van der Waals surface area contributed by atoms with Crippen LogP contribution in [-0.2, 0) is 16.1 Å². The van der Waals surface area contributed by atoms with Crippen LogP contribution in [0.1, 0.15) is 30.6 Å². The minimum atomic E-state index is -0.942. The number of hydrogen-bond donors (Lipinski definition) is 0. The number of esters is 1. The van der Waals surface area contributed by atoms with Gasteiger partial charge in [-0.3, -0.25) is 14.2 Å². The zero-order valence-corrected chi connectivity index (χ0v) is 14.9. The van der Waals surface area contributed by atoms with Crippen molar-refractivity contribution in [3.05, 3.63) is 75.8 Å². The van der Waals surface area contributed by atoms with Gasteiger partial charge in [0.25, 0.3) is 5.56 Å². The molecule has 5 nitrogen and oxygen atoms in total. The van der Waals surface area contributed by atoms with Gasteiger partial charge in [0.1, 0.15) is 17.7 Å². The normalized spacial score (nSPS) is 12.1. The minimum Gasteiger partial charge on any atom is -0.458 e. The molecule has 1 heterocycles. The quantitative estimate of drug-likeness (QED) is 0.641. The molecule has 0 amide bonds. The third-order valence-corrected chi connectivity index (χ3v) is 4.32. The van der Waals surface area contributed by atoms with Gasteiger partial charge in [-0.05, 0) is 43.7 Å². The summed E-state index contributed by atoms with van der Waals surface area (Å²) in [6.07, 6.45) is 0.350. The summed E-state index contributed by atoms with van der Waals surface area (Å²) in [7, 11) is 0. The maximum Gasteiger partial charge on any atom is 0.308 e. The minimum absolute atomic E-state index is 0.0386. The Morgan fingerprint density at radius 1 is 1.26 bits per heavy atom. The Balaban J connectivity index is 1.69. The van der Waals surface area contributed by atoms with Crippen LogP contribution in [-0.4, -0.2) is 15.5 Å². The Hall–Kier alpha value is -3.09. The summed E-state index contributed by atoms with van der Waals surface area (Å²) >= 11 is 0. The first kappa shape index (κ1) is 18.7. The Morgan fingerprint density at radius 2 is 2.04 bits per heavy atom. The molecule has 0 spiro atoms. The molecule has 0 bridgehead atoms. The number of benzene rings is 2. The zero-order chi connectivity index (χ0) is 19.6. The average molecular weight is 372 g/mol. The maximum absolute atomic E-state index is 13.7. The molecule has 0 aliphatic carbocycles. The number of nitrogens with zero attached hydrogens (tertiary/aromatic N) is 2. The molecule has 2 aromatic carbocycles. The molecule has 0 fully saturated rings. The standard InChI is InChI=1S/C20H18F2N2O3/c1-12-4-3-5-15-19(12)23-11-24(20(15)26)9-8-18(25)27-13(2)16-10-14(21)6-7-17(16)22/h3-7,10-11,13H,8-9H2,1-2H3. The van der Waals surface area contributed by atoms with E-state index in [-0.39, 0.29) is 24.1 Å². The smallest absolute Gasteiger partial charge is 0.308 e. The number of rotatable bonds is 5. The van der Waals surface area contributed by atoms with E-state index in [1.54, 1.807) is 12.1 Å². The molecule has 1 unspecified atom stereocenters. The summed E-state index contributed by atoms with van der Waals surface area (Å²) in [4.78, 5) is 28.8. The molecule has 0 aliphatic rings. The molecule has 0 aliphatic heterocycles. The SMILES string of the molecule is Cc1cccc2c(=O)n(CCC(=O)OC(C)c3cc(F)ccc3F)cnc12. The van der Waals surface area contributed by atoms with E-state index in [0.29, 0.717) is 10.9 Å². The number of fused-ring (bicyclic) bond motifs is 1. The molecule has 1 aromatic heterocycles. The van der Waals surface area contributed by atoms with Crippen LogP contribution in [0.3, 0.4) is 0 Å². The predicted molar refractivity (Wildman–Crippen MR) is 96.2 cm³/mol. The van der Waals surface area contributed by atoms with E-state index in [4.69, 9.17) is 4.74 Å². The van der Waals surface area contributed by atoms with Crippen LogP contribution < -0.4 is 5.56 Å². The van der Waals surface area contributed by atoms with Gasteiger partial charge in [-0.1, -0.05) is 12.1 Å². The summed E-state index contributed by atoms with van der Waals surface area (Å²) in [5, 5.41) is 0.473. The number of aryl methyl sites for hydroxylation is 2. The first-order valence-corrected chi connectivity index (χ1v) is 8.46. The van der Waals surface area contributed by atoms with Gasteiger partial charge < -0.3 is 4.74 Å². The molecule has 1 atom stereocenters. The van der Waals surface area contributed by atoms with Crippen molar-refractivity contribution < 1.29 is 18.3 Å². The van der Waals surface area contributed by atoms with Crippen LogP contribution in [0.15, 0.2) is 47.5 Å². The molecule has 7 heteroatoms. The highest BCUT2D eigenvalue weighted by Gasteiger charge is 2.17. The number of carbonyl (C=O) groups is 1. The lowest BCUT2D eigenvalue weighted by Crippen LogP contribution is -2.23. The van der Waals surface area contributed by atoms with Crippen molar-refractivity contribution in [1.29, 1.82) is 0 Å². The fourth-order valence-corrected chi connectivity index (χ4v) is 2.85. The number of carbonyl (C=O) groups excluding carboxylic acids is 1. The summed E-state index contributed by atoms with van der Waals surface area (Å²) < 4.78 is 33.5. The number of aromatic nitrogens is 2. The van der Waals surface area contributed by atoms with E-state index >= 15 is 0 Å². The van der Waals surface area contributed by atoms with E-state index in [1.807, 2.05) is 13.0 Å². The second-order valence-corrected chi connectivity index (χ2v) is 6.26. The molecular formula is C20H18F2N2O3. The summed E-state index contributed by atoms with van der Waals surface area (Å²) in [5.41, 5.74) is 1.22. The maximum atomic E-state index is 13.7. The van der Waals surface area contributed by atoms with E-state index in [0.717, 1.165) is 23.8 Å². The van der Waals surface area contributed by atoms with Gasteiger partial charge in [-0.25, -0.2) is 13.8 Å². The van der Waals surface area contributed by atoms with Crippen LogP contribution in [0.4, 0.5) is 8.78 Å². The Labute approximate surface area is 154 Å². The second kappa shape index (κ2) is 7.65. The van der Waals surface area contributed by atoms with Crippen LogP contribution in [0.25, 0.3) is 10.9 Å². The molecule has 0 saturated carbocycles. The van der Waals surface area contributed by atoms with Crippen molar-refractivity contribution in [2.75, 3.05) is 0 Å². The highest BCUT2D eigenvalue weighted by atomic mass is 19.1. The highest BCUT2D eigenvalue weighted by Crippen LogP contribution is 2.21. The fraction of sp³-hybridized carbons (Fsp3) is 0.250. The van der Waals surface area contributed by atoms with Gasteiger partial charge in [-0.2, -0.15) is 0 Å². The van der Waals surface area contributed by atoms with Crippen molar-refractivity contribution in [3.8, 4) is 0 Å². The molecule has 3 rings (SSSR count). The monoisotopic (exact) mass is 372 g/mol. The zero-order valence-electron chi connectivity index (χ0n) is 14.9. The largest absolute Gasteiger partial charge is 0.458 e. The topological polar surface area (TPSA) is 61.2 Å². The highest BCUT2D eigenvalue weighted by molar-refractivity contribution is 5.80. The molecular weight excluding hydrogens is 354 g/mol. The van der Waals surface area contributed by atoms with Crippen molar-refractivity contribution in [1.82, 2.24) is 9.55 Å². The number of hydrogen-bond acceptors (Lipinski definition) is 4. The van der Waals surface area contributed by atoms with E-state index in [2.05, 4.69) is 4.98 Å². The lowest BCUT2D eigenvalue weighted by molar-refractivity contribution is -0.149. The molecule has 0 radical (unpaired) electrons. The number of ether oxygens (including phenoxy) is 1. The summed E-state index contributed by atoms with van der Waals surface area (Å²) in [6.45, 7) is 3.40. The first-order chi connectivity index (χ1) is 12.9.